The first kappa shape index (κ1) is 18.1. The Morgan fingerprint density at radius 1 is 1.07 bits per heavy atom. The van der Waals surface area contributed by atoms with Gasteiger partial charge in [-0.25, -0.2) is 9.97 Å². The average molecular weight is 444 g/mol. The molecule has 2 heterocycles. The van der Waals surface area contributed by atoms with Crippen molar-refractivity contribution in [3.63, 3.8) is 0 Å². The van der Waals surface area contributed by atoms with E-state index in [2.05, 4.69) is 47.6 Å². The van der Waals surface area contributed by atoms with Gasteiger partial charge in [0.1, 0.15) is 5.82 Å². The summed E-state index contributed by atoms with van der Waals surface area (Å²) < 4.78 is 1.95. The molecule has 0 spiro atoms. The molecule has 0 unspecified atom stereocenters. The quantitative estimate of drug-likeness (QED) is 0.369. The van der Waals surface area contributed by atoms with Gasteiger partial charge in [-0.15, -0.1) is 11.3 Å². The van der Waals surface area contributed by atoms with E-state index in [-0.39, 0.29) is 6.61 Å². The summed E-state index contributed by atoms with van der Waals surface area (Å²) in [6.07, 6.45) is 0.664. The summed E-state index contributed by atoms with van der Waals surface area (Å²) in [7, 11) is 0. The van der Waals surface area contributed by atoms with Crippen molar-refractivity contribution in [3.8, 4) is 0 Å². The molecule has 27 heavy (non-hydrogen) atoms. The minimum atomic E-state index is 0.143. The lowest BCUT2D eigenvalue weighted by Crippen LogP contribution is -2.08. The molecular formula is C19H18BrN5OS. The second-order valence-electron chi connectivity index (χ2n) is 6.19. The highest BCUT2D eigenvalue weighted by atomic mass is 79.9. The summed E-state index contributed by atoms with van der Waals surface area (Å²) in [6.45, 7) is 2.84. The number of thiazole rings is 1. The third-order valence-corrected chi connectivity index (χ3v) is 5.57. The molecular weight excluding hydrogens is 426 g/mol. The number of rotatable bonds is 6. The molecule has 0 aliphatic heterocycles. The SMILES string of the molecule is Cc1ccc2nc(Nc3ccc4nc(Br)sc4c3)nc(NCCCO)c2c1. The molecule has 3 N–H and O–H groups in total. The maximum atomic E-state index is 9.05. The number of anilines is 3. The number of fused-ring (bicyclic) bond motifs is 2. The van der Waals surface area contributed by atoms with Gasteiger partial charge in [0.2, 0.25) is 5.95 Å². The Bertz CT molecular complexity index is 1110. The Kier molecular flexibility index (Phi) is 5.20. The zero-order valence-electron chi connectivity index (χ0n) is 14.7. The number of nitrogens with zero attached hydrogens (tertiary/aromatic N) is 3. The highest BCUT2D eigenvalue weighted by Gasteiger charge is 2.09. The lowest BCUT2D eigenvalue weighted by Gasteiger charge is -2.12. The molecule has 4 rings (SSSR count). The van der Waals surface area contributed by atoms with E-state index in [1.807, 2.05) is 37.3 Å². The molecule has 0 saturated carbocycles. The van der Waals surface area contributed by atoms with Crippen molar-refractivity contribution < 1.29 is 5.11 Å². The molecule has 0 atom stereocenters. The van der Waals surface area contributed by atoms with Crippen molar-refractivity contribution in [1.29, 1.82) is 0 Å². The summed E-state index contributed by atoms with van der Waals surface area (Å²) in [5.41, 5.74) is 3.88. The van der Waals surface area contributed by atoms with Gasteiger partial charge in [-0.1, -0.05) is 11.6 Å². The van der Waals surface area contributed by atoms with Crippen LogP contribution in [0.15, 0.2) is 40.3 Å². The minimum Gasteiger partial charge on any atom is -0.396 e. The first-order valence-electron chi connectivity index (χ1n) is 8.58. The van der Waals surface area contributed by atoms with Crippen LogP contribution in [0.1, 0.15) is 12.0 Å². The highest BCUT2D eigenvalue weighted by molar-refractivity contribution is 9.11. The van der Waals surface area contributed by atoms with Crippen LogP contribution < -0.4 is 10.6 Å². The number of aliphatic hydroxyl groups excluding tert-OH is 1. The van der Waals surface area contributed by atoms with Gasteiger partial charge < -0.3 is 15.7 Å². The van der Waals surface area contributed by atoms with Gasteiger partial charge in [-0.2, -0.15) is 4.98 Å². The fourth-order valence-electron chi connectivity index (χ4n) is 2.82. The fourth-order valence-corrected chi connectivity index (χ4v) is 4.27. The monoisotopic (exact) mass is 443 g/mol. The predicted octanol–water partition coefficient (Wildman–Crippen LogP) is 4.85. The van der Waals surface area contributed by atoms with Crippen LogP contribution in [0, 0.1) is 6.92 Å². The Balaban J connectivity index is 1.70. The van der Waals surface area contributed by atoms with E-state index in [0.717, 1.165) is 42.1 Å². The van der Waals surface area contributed by atoms with Gasteiger partial charge in [0, 0.05) is 24.2 Å². The van der Waals surface area contributed by atoms with E-state index in [0.29, 0.717) is 18.9 Å². The standard InChI is InChI=1S/C19H18BrN5OS/c1-11-3-5-14-13(9-11)17(21-7-2-8-26)25-19(24-14)22-12-4-6-15-16(10-12)27-18(20)23-15/h3-6,9-10,26H,2,7-8H2,1H3,(H2,21,22,24,25). The van der Waals surface area contributed by atoms with Crippen molar-refractivity contribution in [1.82, 2.24) is 15.0 Å². The van der Waals surface area contributed by atoms with Gasteiger partial charge in [0.15, 0.2) is 3.92 Å². The van der Waals surface area contributed by atoms with Crippen molar-refractivity contribution in [2.45, 2.75) is 13.3 Å². The van der Waals surface area contributed by atoms with Crippen LogP contribution in [0.4, 0.5) is 17.5 Å². The zero-order valence-corrected chi connectivity index (χ0v) is 17.1. The van der Waals surface area contributed by atoms with E-state index < -0.39 is 0 Å². The van der Waals surface area contributed by atoms with Gasteiger partial charge >= 0.3 is 0 Å². The Hall–Kier alpha value is -2.29. The molecule has 138 valence electrons. The number of aryl methyl sites for hydroxylation is 1. The molecule has 0 bridgehead atoms. The summed E-state index contributed by atoms with van der Waals surface area (Å²) in [4.78, 5) is 13.7. The Labute approximate surface area is 168 Å². The van der Waals surface area contributed by atoms with Gasteiger partial charge in [-0.05, 0) is 59.6 Å². The molecule has 4 aromatic rings. The van der Waals surface area contributed by atoms with Crippen molar-refractivity contribution in [3.05, 3.63) is 45.9 Å². The number of benzene rings is 2. The zero-order chi connectivity index (χ0) is 18.8. The molecule has 0 aliphatic carbocycles. The van der Waals surface area contributed by atoms with Crippen molar-refractivity contribution >= 4 is 65.8 Å². The second-order valence-corrected chi connectivity index (χ2v) is 8.50. The van der Waals surface area contributed by atoms with Crippen LogP contribution in [0.3, 0.4) is 0 Å². The number of aliphatic hydroxyl groups is 1. The Morgan fingerprint density at radius 3 is 2.78 bits per heavy atom. The Morgan fingerprint density at radius 2 is 1.93 bits per heavy atom. The minimum absolute atomic E-state index is 0.143. The van der Waals surface area contributed by atoms with Crippen LogP contribution in [-0.2, 0) is 0 Å². The van der Waals surface area contributed by atoms with Crippen molar-refractivity contribution in [2.24, 2.45) is 0 Å². The molecule has 0 radical (unpaired) electrons. The summed E-state index contributed by atoms with van der Waals surface area (Å²) >= 11 is 5.01. The number of halogens is 1. The van der Waals surface area contributed by atoms with Crippen LogP contribution in [-0.4, -0.2) is 33.2 Å². The summed E-state index contributed by atoms with van der Waals surface area (Å²) in [5, 5.41) is 16.6. The number of aromatic nitrogens is 3. The second kappa shape index (κ2) is 7.75. The molecule has 0 saturated heterocycles. The van der Waals surface area contributed by atoms with E-state index in [9.17, 15) is 0 Å². The predicted molar refractivity (Wildman–Crippen MR) is 115 cm³/mol. The average Bonchev–Trinajstić information content (AvgIpc) is 3.01. The number of hydrogen-bond acceptors (Lipinski definition) is 7. The normalized spacial score (nSPS) is 11.2. The number of hydrogen-bond donors (Lipinski definition) is 3. The lowest BCUT2D eigenvalue weighted by molar-refractivity contribution is 0.292. The molecule has 2 aromatic heterocycles. The van der Waals surface area contributed by atoms with E-state index in [4.69, 9.17) is 5.11 Å². The summed E-state index contributed by atoms with van der Waals surface area (Å²) in [5.74, 6) is 1.29. The molecule has 0 aliphatic rings. The lowest BCUT2D eigenvalue weighted by atomic mass is 10.1. The first-order valence-corrected chi connectivity index (χ1v) is 10.2. The smallest absolute Gasteiger partial charge is 0.229 e. The topological polar surface area (TPSA) is 83.0 Å². The molecule has 8 heteroatoms. The van der Waals surface area contributed by atoms with Crippen molar-refractivity contribution in [2.75, 3.05) is 23.8 Å². The van der Waals surface area contributed by atoms with E-state index in [1.165, 1.54) is 0 Å². The van der Waals surface area contributed by atoms with Gasteiger partial charge in [-0.3, -0.25) is 0 Å². The third-order valence-electron chi connectivity index (χ3n) is 4.10. The fraction of sp³-hybridized carbons (Fsp3) is 0.211. The van der Waals surface area contributed by atoms with E-state index >= 15 is 0 Å². The number of nitrogens with one attached hydrogen (secondary N) is 2. The summed E-state index contributed by atoms with van der Waals surface area (Å²) in [6, 6.07) is 12.1. The maximum Gasteiger partial charge on any atom is 0.229 e. The third kappa shape index (κ3) is 4.02. The van der Waals surface area contributed by atoms with Crippen LogP contribution in [0.25, 0.3) is 21.1 Å². The molecule has 6 nitrogen and oxygen atoms in total. The van der Waals surface area contributed by atoms with Crippen LogP contribution in [0.2, 0.25) is 0 Å². The van der Waals surface area contributed by atoms with Crippen LogP contribution >= 0.6 is 27.3 Å². The molecule has 0 amide bonds. The van der Waals surface area contributed by atoms with Crippen LogP contribution in [0.5, 0.6) is 0 Å². The highest BCUT2D eigenvalue weighted by Crippen LogP contribution is 2.30. The van der Waals surface area contributed by atoms with Gasteiger partial charge in [0.25, 0.3) is 0 Å². The first-order chi connectivity index (χ1) is 13.1. The largest absolute Gasteiger partial charge is 0.396 e. The van der Waals surface area contributed by atoms with Gasteiger partial charge in [0.05, 0.1) is 15.7 Å². The molecule has 2 aromatic carbocycles. The molecule has 0 fully saturated rings. The maximum absolute atomic E-state index is 9.05. The van der Waals surface area contributed by atoms with E-state index in [1.54, 1.807) is 11.3 Å².